The first-order valence-corrected chi connectivity index (χ1v) is 6.63. The first kappa shape index (κ1) is 14.0. The van der Waals surface area contributed by atoms with E-state index in [1.165, 1.54) is 0 Å². The molecule has 2 aromatic heterocycles. The number of nitrogens with one attached hydrogen (secondary N) is 1. The van der Waals surface area contributed by atoms with Crippen LogP contribution in [-0.4, -0.2) is 27.3 Å². The molecule has 0 bridgehead atoms. The molecule has 0 aliphatic heterocycles. The second kappa shape index (κ2) is 6.70. The third kappa shape index (κ3) is 3.14. The average Bonchev–Trinajstić information content (AvgIpc) is 2.95. The Bertz CT molecular complexity index is 580. The number of aryl methyl sites for hydroxylation is 1. The Morgan fingerprint density at radius 3 is 2.95 bits per heavy atom. The number of aromatic nitrogens is 3. The lowest BCUT2D eigenvalue weighted by Crippen LogP contribution is -2.26. The van der Waals surface area contributed by atoms with E-state index in [4.69, 9.17) is 4.74 Å². The number of pyridine rings is 1. The highest BCUT2D eigenvalue weighted by Gasteiger charge is 2.12. The number of ether oxygens (including phenoxy) is 1. The molecule has 0 unspecified atom stereocenters. The fourth-order valence-corrected chi connectivity index (χ4v) is 1.87. The maximum absolute atomic E-state index is 12.1. The molecule has 0 aromatic carbocycles. The molecule has 6 nitrogen and oxygen atoms in total. The molecule has 6 heteroatoms. The molecule has 2 rings (SSSR count). The fourth-order valence-electron chi connectivity index (χ4n) is 1.87. The van der Waals surface area contributed by atoms with E-state index < -0.39 is 0 Å². The summed E-state index contributed by atoms with van der Waals surface area (Å²) in [5.74, 6) is 0.398. The molecule has 1 amide bonds. The van der Waals surface area contributed by atoms with Gasteiger partial charge < -0.3 is 10.1 Å². The highest BCUT2D eigenvalue weighted by molar-refractivity contribution is 5.92. The Morgan fingerprint density at radius 1 is 1.35 bits per heavy atom. The molecule has 0 fully saturated rings. The van der Waals surface area contributed by atoms with Crippen molar-refractivity contribution in [3.8, 4) is 5.88 Å². The largest absolute Gasteiger partial charge is 0.478 e. The van der Waals surface area contributed by atoms with E-state index in [0.717, 1.165) is 5.56 Å². The zero-order valence-electron chi connectivity index (χ0n) is 11.7. The second-order valence-electron chi connectivity index (χ2n) is 4.12. The van der Waals surface area contributed by atoms with Crippen molar-refractivity contribution in [1.82, 2.24) is 20.1 Å². The van der Waals surface area contributed by atoms with E-state index in [1.807, 2.05) is 26.0 Å². The SMILES string of the molecule is CCOc1ncccc1CNC(=O)c1ccnn1CC. The molecule has 2 aromatic rings. The zero-order chi connectivity index (χ0) is 14.4. The molecule has 2 heterocycles. The van der Waals surface area contributed by atoms with E-state index in [-0.39, 0.29) is 5.91 Å². The third-order valence-corrected chi connectivity index (χ3v) is 2.82. The number of rotatable bonds is 6. The van der Waals surface area contributed by atoms with Crippen LogP contribution < -0.4 is 10.1 Å². The summed E-state index contributed by atoms with van der Waals surface area (Å²) in [6.07, 6.45) is 3.29. The van der Waals surface area contributed by atoms with Crippen molar-refractivity contribution in [1.29, 1.82) is 0 Å². The summed E-state index contributed by atoms with van der Waals surface area (Å²) in [4.78, 5) is 16.2. The quantitative estimate of drug-likeness (QED) is 0.869. The summed E-state index contributed by atoms with van der Waals surface area (Å²) in [7, 11) is 0. The fraction of sp³-hybridized carbons (Fsp3) is 0.357. The van der Waals surface area contributed by atoms with Crippen LogP contribution >= 0.6 is 0 Å². The van der Waals surface area contributed by atoms with Gasteiger partial charge in [-0.05, 0) is 26.0 Å². The van der Waals surface area contributed by atoms with Gasteiger partial charge in [0.2, 0.25) is 5.88 Å². The van der Waals surface area contributed by atoms with E-state index in [9.17, 15) is 4.79 Å². The molecule has 1 N–H and O–H groups in total. The van der Waals surface area contributed by atoms with E-state index in [1.54, 1.807) is 23.1 Å². The Morgan fingerprint density at radius 2 is 2.20 bits per heavy atom. The lowest BCUT2D eigenvalue weighted by atomic mass is 10.2. The topological polar surface area (TPSA) is 69.0 Å². The van der Waals surface area contributed by atoms with Gasteiger partial charge in [-0.25, -0.2) is 4.98 Å². The van der Waals surface area contributed by atoms with E-state index in [2.05, 4.69) is 15.4 Å². The normalized spacial score (nSPS) is 10.3. The van der Waals surface area contributed by atoms with Crippen molar-refractivity contribution >= 4 is 5.91 Å². The summed E-state index contributed by atoms with van der Waals surface area (Å²) < 4.78 is 7.08. The molecule has 0 aliphatic carbocycles. The van der Waals surface area contributed by atoms with E-state index >= 15 is 0 Å². The van der Waals surface area contributed by atoms with Crippen LogP contribution in [0.2, 0.25) is 0 Å². The summed E-state index contributed by atoms with van der Waals surface area (Å²) in [5, 5.41) is 6.93. The molecule has 20 heavy (non-hydrogen) atoms. The van der Waals surface area contributed by atoms with Crippen molar-refractivity contribution in [2.24, 2.45) is 0 Å². The standard InChI is InChI=1S/C14H18N4O2/c1-3-18-12(7-9-17-18)13(19)16-10-11-6-5-8-15-14(11)20-4-2/h5-9H,3-4,10H2,1-2H3,(H,16,19). The van der Waals surface area contributed by atoms with Gasteiger partial charge in [0, 0.05) is 31.0 Å². The van der Waals surface area contributed by atoms with Crippen LogP contribution in [0.25, 0.3) is 0 Å². The molecule has 0 atom stereocenters. The number of amides is 1. The minimum atomic E-state index is -0.157. The van der Waals surface area contributed by atoms with Gasteiger partial charge >= 0.3 is 0 Å². The molecule has 0 spiro atoms. The predicted molar refractivity (Wildman–Crippen MR) is 74.5 cm³/mol. The van der Waals surface area contributed by atoms with Crippen LogP contribution in [0, 0.1) is 0 Å². The number of carbonyl (C=O) groups excluding carboxylic acids is 1. The molecule has 0 radical (unpaired) electrons. The second-order valence-corrected chi connectivity index (χ2v) is 4.12. The summed E-state index contributed by atoms with van der Waals surface area (Å²) in [6.45, 7) is 5.42. The van der Waals surface area contributed by atoms with Crippen LogP contribution in [0.4, 0.5) is 0 Å². The summed E-state index contributed by atoms with van der Waals surface area (Å²) >= 11 is 0. The highest BCUT2D eigenvalue weighted by Crippen LogP contribution is 2.14. The van der Waals surface area contributed by atoms with Gasteiger partial charge in [0.25, 0.3) is 5.91 Å². The maximum Gasteiger partial charge on any atom is 0.269 e. The predicted octanol–water partition coefficient (Wildman–Crippen LogP) is 1.63. The van der Waals surface area contributed by atoms with Crippen LogP contribution in [-0.2, 0) is 13.1 Å². The Labute approximate surface area is 117 Å². The van der Waals surface area contributed by atoms with Crippen molar-refractivity contribution in [3.05, 3.63) is 41.9 Å². The van der Waals surface area contributed by atoms with E-state index in [0.29, 0.717) is 31.3 Å². The lowest BCUT2D eigenvalue weighted by molar-refractivity contribution is 0.0940. The maximum atomic E-state index is 12.1. The van der Waals surface area contributed by atoms with Gasteiger partial charge in [-0.2, -0.15) is 5.10 Å². The van der Waals surface area contributed by atoms with Gasteiger partial charge in [0.05, 0.1) is 6.61 Å². The van der Waals surface area contributed by atoms with Gasteiger partial charge in [0.15, 0.2) is 0 Å². The molecule has 0 saturated heterocycles. The summed E-state index contributed by atoms with van der Waals surface area (Å²) in [5.41, 5.74) is 1.40. The molecule has 106 valence electrons. The van der Waals surface area contributed by atoms with Gasteiger partial charge in [-0.3, -0.25) is 9.48 Å². The minimum Gasteiger partial charge on any atom is -0.478 e. The summed E-state index contributed by atoms with van der Waals surface area (Å²) in [6, 6.07) is 5.40. The van der Waals surface area contributed by atoms with Crippen LogP contribution in [0.1, 0.15) is 29.9 Å². The Balaban J connectivity index is 2.04. The van der Waals surface area contributed by atoms with Gasteiger partial charge in [-0.15, -0.1) is 0 Å². The van der Waals surface area contributed by atoms with Crippen molar-refractivity contribution in [2.45, 2.75) is 26.9 Å². The number of carbonyl (C=O) groups is 1. The molecule has 0 aliphatic rings. The van der Waals surface area contributed by atoms with Gasteiger partial charge in [0.1, 0.15) is 5.69 Å². The Hall–Kier alpha value is -2.37. The molecule has 0 saturated carbocycles. The number of nitrogens with zero attached hydrogens (tertiary/aromatic N) is 3. The van der Waals surface area contributed by atoms with Crippen molar-refractivity contribution in [2.75, 3.05) is 6.61 Å². The van der Waals surface area contributed by atoms with Crippen LogP contribution in [0.15, 0.2) is 30.6 Å². The van der Waals surface area contributed by atoms with Crippen LogP contribution in [0.3, 0.4) is 0 Å². The zero-order valence-corrected chi connectivity index (χ0v) is 11.7. The smallest absolute Gasteiger partial charge is 0.269 e. The molecular weight excluding hydrogens is 256 g/mol. The van der Waals surface area contributed by atoms with Gasteiger partial charge in [-0.1, -0.05) is 6.07 Å². The van der Waals surface area contributed by atoms with Crippen molar-refractivity contribution in [3.63, 3.8) is 0 Å². The third-order valence-electron chi connectivity index (χ3n) is 2.82. The lowest BCUT2D eigenvalue weighted by Gasteiger charge is -2.10. The van der Waals surface area contributed by atoms with Crippen molar-refractivity contribution < 1.29 is 9.53 Å². The monoisotopic (exact) mass is 274 g/mol. The number of hydrogen-bond acceptors (Lipinski definition) is 4. The molecular formula is C14H18N4O2. The van der Waals surface area contributed by atoms with Crippen LogP contribution in [0.5, 0.6) is 5.88 Å². The first-order valence-electron chi connectivity index (χ1n) is 6.63. The Kier molecular flexibility index (Phi) is 4.70. The average molecular weight is 274 g/mol. The highest BCUT2D eigenvalue weighted by atomic mass is 16.5. The minimum absolute atomic E-state index is 0.157. The number of hydrogen-bond donors (Lipinski definition) is 1. The first-order chi connectivity index (χ1) is 9.76.